The molecule has 0 radical (unpaired) electrons. The van der Waals surface area contributed by atoms with Gasteiger partial charge in [0, 0.05) is 12.6 Å². The zero-order valence-corrected chi connectivity index (χ0v) is 8.95. The van der Waals surface area contributed by atoms with Gasteiger partial charge in [-0.25, -0.2) is 0 Å². The lowest BCUT2D eigenvalue weighted by Crippen LogP contribution is -2.43. The summed E-state index contributed by atoms with van der Waals surface area (Å²) >= 11 is 0. The Labute approximate surface area is 85.5 Å². The standard InChI is InChI=1S/C10H20N2O2/c1-4-5-6-14-9(3)10(13)12-8(2)7-11/h4,8-9H,1,5-7,11H2,2-3H3,(H,12,13)/t8-,9?/m0/s1. The fraction of sp³-hybridized carbons (Fsp3) is 0.700. The molecule has 0 aromatic rings. The lowest BCUT2D eigenvalue weighted by molar-refractivity contribution is -0.132. The highest BCUT2D eigenvalue weighted by atomic mass is 16.5. The Morgan fingerprint density at radius 3 is 2.79 bits per heavy atom. The first-order chi connectivity index (χ1) is 6.61. The van der Waals surface area contributed by atoms with Gasteiger partial charge < -0.3 is 15.8 Å². The number of nitrogens with one attached hydrogen (secondary N) is 1. The van der Waals surface area contributed by atoms with E-state index in [0.29, 0.717) is 13.2 Å². The van der Waals surface area contributed by atoms with Gasteiger partial charge >= 0.3 is 0 Å². The van der Waals surface area contributed by atoms with Crippen molar-refractivity contribution in [1.29, 1.82) is 0 Å². The molecular formula is C10H20N2O2. The van der Waals surface area contributed by atoms with E-state index in [1.807, 2.05) is 6.92 Å². The van der Waals surface area contributed by atoms with Crippen molar-refractivity contribution in [1.82, 2.24) is 5.32 Å². The predicted molar refractivity (Wildman–Crippen MR) is 56.9 cm³/mol. The molecule has 2 atom stereocenters. The van der Waals surface area contributed by atoms with E-state index in [4.69, 9.17) is 10.5 Å². The molecule has 0 heterocycles. The van der Waals surface area contributed by atoms with E-state index in [-0.39, 0.29) is 11.9 Å². The van der Waals surface area contributed by atoms with Gasteiger partial charge in [-0.05, 0) is 20.3 Å². The van der Waals surface area contributed by atoms with Gasteiger partial charge in [0.25, 0.3) is 0 Å². The van der Waals surface area contributed by atoms with Gasteiger partial charge in [-0.3, -0.25) is 4.79 Å². The number of carbonyl (C=O) groups excluding carboxylic acids is 1. The largest absolute Gasteiger partial charge is 0.368 e. The molecule has 1 amide bonds. The molecule has 0 spiro atoms. The van der Waals surface area contributed by atoms with Crippen molar-refractivity contribution in [2.75, 3.05) is 13.2 Å². The zero-order valence-electron chi connectivity index (χ0n) is 8.95. The van der Waals surface area contributed by atoms with Gasteiger partial charge in [0.2, 0.25) is 5.91 Å². The molecular weight excluding hydrogens is 180 g/mol. The number of hydrogen-bond acceptors (Lipinski definition) is 3. The van der Waals surface area contributed by atoms with E-state index in [0.717, 1.165) is 6.42 Å². The van der Waals surface area contributed by atoms with Crippen LogP contribution in [0.3, 0.4) is 0 Å². The molecule has 4 nitrogen and oxygen atoms in total. The molecule has 4 heteroatoms. The van der Waals surface area contributed by atoms with Crippen molar-refractivity contribution in [3.63, 3.8) is 0 Å². The third kappa shape index (κ3) is 5.72. The van der Waals surface area contributed by atoms with Gasteiger partial charge in [-0.2, -0.15) is 0 Å². The summed E-state index contributed by atoms with van der Waals surface area (Å²) in [6.07, 6.45) is 2.08. The fourth-order valence-corrected chi connectivity index (χ4v) is 0.823. The Bertz CT molecular complexity index is 183. The molecule has 0 aliphatic rings. The van der Waals surface area contributed by atoms with Crippen LogP contribution in [0.4, 0.5) is 0 Å². The molecule has 0 aromatic carbocycles. The van der Waals surface area contributed by atoms with Gasteiger partial charge in [-0.1, -0.05) is 6.08 Å². The van der Waals surface area contributed by atoms with E-state index >= 15 is 0 Å². The highest BCUT2D eigenvalue weighted by Crippen LogP contribution is 1.94. The first-order valence-corrected chi connectivity index (χ1v) is 4.84. The van der Waals surface area contributed by atoms with E-state index in [9.17, 15) is 4.79 Å². The summed E-state index contributed by atoms with van der Waals surface area (Å²) in [6.45, 7) is 8.10. The molecule has 0 saturated carbocycles. The molecule has 0 aliphatic carbocycles. The minimum Gasteiger partial charge on any atom is -0.368 e. The number of ether oxygens (including phenoxy) is 1. The van der Waals surface area contributed by atoms with Crippen LogP contribution >= 0.6 is 0 Å². The number of rotatable bonds is 7. The van der Waals surface area contributed by atoms with Crippen molar-refractivity contribution in [3.8, 4) is 0 Å². The molecule has 82 valence electrons. The van der Waals surface area contributed by atoms with Crippen LogP contribution < -0.4 is 11.1 Å². The SMILES string of the molecule is C=CCCOC(C)C(=O)N[C@@H](C)CN. The molecule has 0 saturated heterocycles. The van der Waals surface area contributed by atoms with Crippen LogP contribution in [-0.4, -0.2) is 31.2 Å². The Hall–Kier alpha value is -0.870. The summed E-state index contributed by atoms with van der Waals surface area (Å²) in [6, 6.07) is -0.00652. The van der Waals surface area contributed by atoms with Crippen LogP contribution in [0.5, 0.6) is 0 Å². The third-order valence-corrected chi connectivity index (χ3v) is 1.80. The minimum atomic E-state index is -0.427. The Morgan fingerprint density at radius 1 is 1.64 bits per heavy atom. The quantitative estimate of drug-likeness (QED) is 0.463. The van der Waals surface area contributed by atoms with E-state index in [1.165, 1.54) is 0 Å². The average Bonchev–Trinajstić information content (AvgIpc) is 2.17. The molecule has 0 fully saturated rings. The van der Waals surface area contributed by atoms with Crippen molar-refractivity contribution in [3.05, 3.63) is 12.7 Å². The van der Waals surface area contributed by atoms with Crippen molar-refractivity contribution < 1.29 is 9.53 Å². The number of carbonyl (C=O) groups is 1. The smallest absolute Gasteiger partial charge is 0.249 e. The lowest BCUT2D eigenvalue weighted by atomic mass is 10.3. The Morgan fingerprint density at radius 2 is 2.29 bits per heavy atom. The van der Waals surface area contributed by atoms with Crippen LogP contribution in [0.1, 0.15) is 20.3 Å². The molecule has 0 aromatic heterocycles. The Balaban J connectivity index is 3.69. The Kier molecular flexibility index (Phi) is 7.06. The molecule has 0 bridgehead atoms. The summed E-state index contributed by atoms with van der Waals surface area (Å²) in [5.74, 6) is -0.119. The highest BCUT2D eigenvalue weighted by molar-refractivity contribution is 5.80. The molecule has 1 unspecified atom stereocenters. The maximum Gasteiger partial charge on any atom is 0.249 e. The third-order valence-electron chi connectivity index (χ3n) is 1.80. The zero-order chi connectivity index (χ0) is 11.0. The monoisotopic (exact) mass is 200 g/mol. The lowest BCUT2D eigenvalue weighted by Gasteiger charge is -2.16. The molecule has 0 rings (SSSR count). The summed E-state index contributed by atoms with van der Waals surface area (Å²) in [7, 11) is 0. The first kappa shape index (κ1) is 13.1. The highest BCUT2D eigenvalue weighted by Gasteiger charge is 2.14. The van der Waals surface area contributed by atoms with Crippen LogP contribution in [0, 0.1) is 0 Å². The van der Waals surface area contributed by atoms with Crippen LogP contribution in [0.2, 0.25) is 0 Å². The number of nitrogens with two attached hydrogens (primary N) is 1. The second-order valence-corrected chi connectivity index (χ2v) is 3.24. The first-order valence-electron chi connectivity index (χ1n) is 4.84. The maximum absolute atomic E-state index is 11.4. The normalized spacial score (nSPS) is 14.5. The second kappa shape index (κ2) is 7.53. The summed E-state index contributed by atoms with van der Waals surface area (Å²) < 4.78 is 5.27. The molecule has 14 heavy (non-hydrogen) atoms. The average molecular weight is 200 g/mol. The predicted octanol–water partition coefficient (Wildman–Crippen LogP) is 0.431. The number of hydrogen-bond donors (Lipinski definition) is 2. The van der Waals surface area contributed by atoms with Crippen molar-refractivity contribution in [2.45, 2.75) is 32.4 Å². The van der Waals surface area contributed by atoms with Gasteiger partial charge in [-0.15, -0.1) is 6.58 Å². The van der Waals surface area contributed by atoms with E-state index in [1.54, 1.807) is 13.0 Å². The molecule has 0 aliphatic heterocycles. The topological polar surface area (TPSA) is 64.3 Å². The second-order valence-electron chi connectivity index (χ2n) is 3.24. The summed E-state index contributed by atoms with van der Waals surface area (Å²) in [5, 5.41) is 2.74. The summed E-state index contributed by atoms with van der Waals surface area (Å²) in [5.41, 5.74) is 5.37. The molecule has 3 N–H and O–H groups in total. The van der Waals surface area contributed by atoms with E-state index in [2.05, 4.69) is 11.9 Å². The van der Waals surface area contributed by atoms with Crippen LogP contribution in [0.15, 0.2) is 12.7 Å². The fourth-order valence-electron chi connectivity index (χ4n) is 0.823. The maximum atomic E-state index is 11.4. The van der Waals surface area contributed by atoms with E-state index < -0.39 is 6.10 Å². The minimum absolute atomic E-state index is 0.00652. The van der Waals surface area contributed by atoms with Crippen LogP contribution in [0.25, 0.3) is 0 Å². The summed E-state index contributed by atoms with van der Waals surface area (Å²) in [4.78, 5) is 11.4. The van der Waals surface area contributed by atoms with Gasteiger partial charge in [0.05, 0.1) is 6.61 Å². The van der Waals surface area contributed by atoms with Crippen molar-refractivity contribution in [2.24, 2.45) is 5.73 Å². The van der Waals surface area contributed by atoms with Crippen molar-refractivity contribution >= 4 is 5.91 Å². The van der Waals surface area contributed by atoms with Crippen LogP contribution in [-0.2, 0) is 9.53 Å². The van der Waals surface area contributed by atoms with Gasteiger partial charge in [0.15, 0.2) is 0 Å². The number of amides is 1. The van der Waals surface area contributed by atoms with Gasteiger partial charge in [0.1, 0.15) is 6.10 Å².